The first-order chi connectivity index (χ1) is 17.3. The number of nitrogens with zero attached hydrogens (tertiary/aromatic N) is 1. The number of amides is 1. The molecule has 0 radical (unpaired) electrons. The Labute approximate surface area is 220 Å². The lowest BCUT2D eigenvalue weighted by Gasteiger charge is -2.42. The summed E-state index contributed by atoms with van der Waals surface area (Å²) in [5.41, 5.74) is 1.52. The monoisotopic (exact) mass is 544 g/mol. The summed E-state index contributed by atoms with van der Waals surface area (Å²) in [5.74, 6) is -0.419. The summed E-state index contributed by atoms with van der Waals surface area (Å²) >= 11 is 9.81. The zero-order chi connectivity index (χ0) is 26.3. The van der Waals surface area contributed by atoms with Gasteiger partial charge in [-0.15, -0.1) is 0 Å². The van der Waals surface area contributed by atoms with Gasteiger partial charge < -0.3 is 50.2 Å². The number of carbonyl (C=O) groups is 1. The number of aliphatic imine (C=N–C) groups is 1. The highest BCUT2D eigenvalue weighted by molar-refractivity contribution is 7.80. The summed E-state index contributed by atoms with van der Waals surface area (Å²) in [6, 6.07) is 6.26. The summed E-state index contributed by atoms with van der Waals surface area (Å²) < 4.78 is 21.9. The van der Waals surface area contributed by atoms with E-state index in [4.69, 9.17) is 31.2 Å². The molecule has 5 unspecified atom stereocenters. The molecule has 200 valence electrons. The second-order valence-corrected chi connectivity index (χ2v) is 8.25. The summed E-state index contributed by atoms with van der Waals surface area (Å²) in [6.45, 7) is 2.68. The van der Waals surface area contributed by atoms with Crippen LogP contribution in [-0.4, -0.2) is 108 Å². The van der Waals surface area contributed by atoms with Crippen LogP contribution in [-0.2, 0) is 23.7 Å². The van der Waals surface area contributed by atoms with Gasteiger partial charge in [-0.05, 0) is 48.7 Å². The maximum Gasteiger partial charge on any atom is 0.217 e. The van der Waals surface area contributed by atoms with Crippen LogP contribution in [0.5, 0.6) is 0 Å². The van der Waals surface area contributed by atoms with Gasteiger partial charge in [0.15, 0.2) is 11.4 Å². The van der Waals surface area contributed by atoms with Crippen molar-refractivity contribution in [1.29, 1.82) is 0 Å². The topological polar surface area (TPSA) is 163 Å². The van der Waals surface area contributed by atoms with E-state index < -0.39 is 43.2 Å². The Morgan fingerprint density at radius 1 is 1.11 bits per heavy atom. The second-order valence-electron chi connectivity index (χ2n) is 7.66. The molecule has 1 aliphatic rings. The van der Waals surface area contributed by atoms with E-state index in [0.29, 0.717) is 37.2 Å². The number of nitrogens with one attached hydrogen (secondary N) is 3. The number of hydrogen-bond donors (Lipinski definition) is 6. The molecule has 2 rings (SSSR count). The molecule has 12 nitrogen and oxygen atoms in total. The zero-order valence-electron chi connectivity index (χ0n) is 19.8. The van der Waals surface area contributed by atoms with Crippen LogP contribution in [0.25, 0.3) is 0 Å². The molecule has 0 bridgehead atoms. The van der Waals surface area contributed by atoms with E-state index in [1.165, 1.54) is 6.92 Å². The smallest absolute Gasteiger partial charge is 0.217 e. The first kappa shape index (κ1) is 30.1. The first-order valence-electron chi connectivity index (χ1n) is 11.2. The predicted molar refractivity (Wildman–Crippen MR) is 138 cm³/mol. The third-order valence-corrected chi connectivity index (χ3v) is 5.30. The molecule has 5 atom stereocenters. The lowest BCUT2D eigenvalue weighted by atomic mass is 9.97. The van der Waals surface area contributed by atoms with Gasteiger partial charge in [0.2, 0.25) is 5.91 Å². The molecule has 6 N–H and O–H groups in total. The summed E-state index contributed by atoms with van der Waals surface area (Å²) in [7, 11) is 0. The van der Waals surface area contributed by atoms with Crippen LogP contribution >= 0.6 is 24.4 Å². The lowest BCUT2D eigenvalue weighted by Crippen LogP contribution is -2.64. The molecule has 0 aliphatic carbocycles. The van der Waals surface area contributed by atoms with Gasteiger partial charge in [-0.1, -0.05) is 0 Å². The number of isothiocyanates is 1. The van der Waals surface area contributed by atoms with Crippen LogP contribution in [0, 0.1) is 0 Å². The van der Waals surface area contributed by atoms with Crippen molar-refractivity contribution in [3.63, 3.8) is 0 Å². The standard InChI is InChI=1S/C22H32N4O8S2/c1-14(28)25-18-20(30)19(29)17(12-27)34-21(18)33-11-10-32-9-8-31-7-6-23-22(36)26-16-4-2-15(3-5-16)24-13-35/h2-5,17-21,27,29-30H,6-12H2,1H3,(H,25,28)(H2,23,26,36). The summed E-state index contributed by atoms with van der Waals surface area (Å²) in [6.07, 6.45) is -4.80. The van der Waals surface area contributed by atoms with Crippen molar-refractivity contribution >= 4 is 52.0 Å². The highest BCUT2D eigenvalue weighted by Crippen LogP contribution is 2.22. The Kier molecular flexibility index (Phi) is 13.9. The number of ether oxygens (including phenoxy) is 4. The molecule has 1 fully saturated rings. The minimum Gasteiger partial charge on any atom is -0.394 e. The number of hydrogen-bond acceptors (Lipinski definition) is 11. The number of anilines is 1. The summed E-state index contributed by atoms with van der Waals surface area (Å²) in [5, 5.41) is 40.9. The number of thiocarbonyl (C=S) groups is 2. The molecular formula is C22H32N4O8S2. The van der Waals surface area contributed by atoms with Crippen LogP contribution in [0.15, 0.2) is 29.3 Å². The van der Waals surface area contributed by atoms with Crippen molar-refractivity contribution in [1.82, 2.24) is 10.6 Å². The van der Waals surface area contributed by atoms with Gasteiger partial charge in [-0.2, -0.15) is 4.99 Å². The van der Waals surface area contributed by atoms with Crippen LogP contribution in [0.4, 0.5) is 11.4 Å². The largest absolute Gasteiger partial charge is 0.394 e. The Hall–Kier alpha value is -2.10. The van der Waals surface area contributed by atoms with Crippen molar-refractivity contribution in [2.75, 3.05) is 51.5 Å². The third-order valence-electron chi connectivity index (χ3n) is 4.96. The van der Waals surface area contributed by atoms with Crippen molar-refractivity contribution in [2.24, 2.45) is 4.99 Å². The molecule has 1 aromatic rings. The molecular weight excluding hydrogens is 512 g/mol. The minimum absolute atomic E-state index is 0.0993. The third kappa shape index (κ3) is 10.5. The van der Waals surface area contributed by atoms with Crippen molar-refractivity contribution < 1.29 is 39.1 Å². The second kappa shape index (κ2) is 16.6. The van der Waals surface area contributed by atoms with Crippen molar-refractivity contribution in [3.8, 4) is 0 Å². The number of aliphatic hydroxyl groups excluding tert-OH is 3. The van der Waals surface area contributed by atoms with Gasteiger partial charge in [0.1, 0.15) is 24.4 Å². The van der Waals surface area contributed by atoms with E-state index in [0.717, 1.165) is 5.69 Å². The molecule has 1 saturated heterocycles. The van der Waals surface area contributed by atoms with Gasteiger partial charge in [-0.25, -0.2) is 0 Å². The maximum absolute atomic E-state index is 11.4. The maximum atomic E-state index is 11.4. The highest BCUT2D eigenvalue weighted by Gasteiger charge is 2.45. The number of benzene rings is 1. The number of aliphatic hydroxyl groups is 3. The molecule has 0 aromatic heterocycles. The fourth-order valence-electron chi connectivity index (χ4n) is 3.24. The Bertz CT molecular complexity index is 872. The van der Waals surface area contributed by atoms with Crippen molar-refractivity contribution in [3.05, 3.63) is 24.3 Å². The van der Waals surface area contributed by atoms with Gasteiger partial charge in [0, 0.05) is 19.2 Å². The Balaban J connectivity index is 1.54. The molecule has 0 saturated carbocycles. The van der Waals surface area contributed by atoms with Crippen LogP contribution < -0.4 is 16.0 Å². The molecule has 36 heavy (non-hydrogen) atoms. The lowest BCUT2D eigenvalue weighted by molar-refractivity contribution is -0.272. The van der Waals surface area contributed by atoms with E-state index in [2.05, 4.69) is 38.3 Å². The minimum atomic E-state index is -1.36. The number of carbonyl (C=O) groups excluding carboxylic acids is 1. The predicted octanol–water partition coefficient (Wildman–Crippen LogP) is -0.299. The average Bonchev–Trinajstić information content (AvgIpc) is 2.85. The summed E-state index contributed by atoms with van der Waals surface area (Å²) in [4.78, 5) is 15.3. The molecule has 1 heterocycles. The van der Waals surface area contributed by atoms with E-state index in [1.54, 1.807) is 12.1 Å². The van der Waals surface area contributed by atoms with E-state index >= 15 is 0 Å². The fraction of sp³-hybridized carbons (Fsp3) is 0.591. The van der Waals surface area contributed by atoms with Crippen molar-refractivity contribution in [2.45, 2.75) is 37.6 Å². The zero-order valence-corrected chi connectivity index (χ0v) is 21.4. The average molecular weight is 545 g/mol. The van der Waals surface area contributed by atoms with E-state index in [-0.39, 0.29) is 13.2 Å². The van der Waals surface area contributed by atoms with Gasteiger partial charge in [-0.3, -0.25) is 4.79 Å². The van der Waals surface area contributed by atoms with Crippen LogP contribution in [0.3, 0.4) is 0 Å². The quantitative estimate of drug-likeness (QED) is 0.103. The normalized spacial score (nSPS) is 23.4. The SMILES string of the molecule is CC(=O)NC1C(OCCOCCOCCNC(=S)Nc2ccc(N=C=S)cc2)OC(CO)C(O)C1O. The first-order valence-corrected chi connectivity index (χ1v) is 12.1. The highest BCUT2D eigenvalue weighted by atomic mass is 32.1. The molecule has 1 aliphatic heterocycles. The van der Waals surface area contributed by atoms with Gasteiger partial charge in [0.25, 0.3) is 0 Å². The van der Waals surface area contributed by atoms with E-state index in [9.17, 15) is 20.1 Å². The molecule has 0 spiro atoms. The fourth-order valence-corrected chi connectivity index (χ4v) is 3.57. The van der Waals surface area contributed by atoms with Crippen LogP contribution in [0.1, 0.15) is 6.92 Å². The Morgan fingerprint density at radius 2 is 1.78 bits per heavy atom. The molecule has 1 aromatic carbocycles. The van der Waals surface area contributed by atoms with Gasteiger partial charge in [0.05, 0.1) is 50.5 Å². The van der Waals surface area contributed by atoms with Gasteiger partial charge >= 0.3 is 0 Å². The van der Waals surface area contributed by atoms with Crippen LogP contribution in [0.2, 0.25) is 0 Å². The molecule has 1 amide bonds. The Morgan fingerprint density at radius 3 is 2.42 bits per heavy atom. The van der Waals surface area contributed by atoms with E-state index in [1.807, 2.05) is 12.1 Å². The molecule has 14 heteroatoms. The number of rotatable bonds is 14.